The fraction of sp³-hybridized carbons (Fsp3) is 0.228. The van der Waals surface area contributed by atoms with Crippen molar-refractivity contribution in [2.45, 2.75) is 56.8 Å². The average molecular weight is 748 g/mol. The van der Waals surface area contributed by atoms with Crippen LogP contribution in [0.3, 0.4) is 0 Å². The van der Waals surface area contributed by atoms with Crippen LogP contribution in [0.5, 0.6) is 0 Å². The highest BCUT2D eigenvalue weighted by Gasteiger charge is 2.61. The molecule has 0 atom stereocenters. The quantitative estimate of drug-likeness (QED) is 0.164. The molecule has 1 nitrogen and oxygen atoms in total. The lowest BCUT2D eigenvalue weighted by molar-refractivity contribution is -0.0399. The van der Waals surface area contributed by atoms with Gasteiger partial charge >= 0.3 is 0 Å². The van der Waals surface area contributed by atoms with Crippen LogP contribution in [-0.2, 0) is 10.8 Å². The predicted octanol–water partition coefficient (Wildman–Crippen LogP) is 15.2. The second-order valence-electron chi connectivity index (χ2n) is 18.6. The standard InChI is InChI=1S/C57H49N/c1-4-36-20-22-39(23-21-36)40-24-26-43(27-25-40)58(44-28-29-46-45-12-5-8-16-50(45)56(2,3)53(46)35-44)54-19-10-7-13-47(54)48-15-11-18-52-55(48)49-14-6-9-17-51(49)57(52)41-31-37-30-38(33-41)34-42(57)32-37/h4-29,35,37-38,41-42H,1,30-34H2,2-3H3. The maximum absolute atomic E-state index is 3.96. The number of para-hydroxylation sites is 1. The molecular formula is C57H49N. The topological polar surface area (TPSA) is 3.24 Å². The van der Waals surface area contributed by atoms with Gasteiger partial charge < -0.3 is 4.90 Å². The Kier molecular flexibility index (Phi) is 7.38. The summed E-state index contributed by atoms with van der Waals surface area (Å²) in [5, 5.41) is 0. The zero-order chi connectivity index (χ0) is 38.8. The molecule has 0 saturated heterocycles. The molecule has 0 N–H and O–H groups in total. The molecule has 282 valence electrons. The molecule has 4 fully saturated rings. The van der Waals surface area contributed by atoms with Crippen molar-refractivity contribution in [3.63, 3.8) is 0 Å². The molecule has 0 heterocycles. The first-order chi connectivity index (χ1) is 28.4. The monoisotopic (exact) mass is 747 g/mol. The van der Waals surface area contributed by atoms with Crippen molar-refractivity contribution in [1.29, 1.82) is 0 Å². The summed E-state index contributed by atoms with van der Waals surface area (Å²) in [6.07, 6.45) is 8.94. The van der Waals surface area contributed by atoms with Crippen molar-refractivity contribution in [3.8, 4) is 44.5 Å². The molecule has 7 aromatic carbocycles. The van der Waals surface area contributed by atoms with Gasteiger partial charge in [0.1, 0.15) is 0 Å². The van der Waals surface area contributed by atoms with E-state index >= 15 is 0 Å². The Balaban J connectivity index is 1.05. The van der Waals surface area contributed by atoms with Gasteiger partial charge in [-0.25, -0.2) is 0 Å². The second-order valence-corrected chi connectivity index (χ2v) is 18.6. The van der Waals surface area contributed by atoms with Crippen LogP contribution in [-0.4, -0.2) is 0 Å². The number of hydrogen-bond acceptors (Lipinski definition) is 1. The van der Waals surface area contributed by atoms with Crippen LogP contribution in [0.25, 0.3) is 50.6 Å². The van der Waals surface area contributed by atoms with Gasteiger partial charge in [-0.15, -0.1) is 0 Å². The number of fused-ring (bicyclic) bond motifs is 6. The average Bonchev–Trinajstić information content (AvgIpc) is 3.69. The first kappa shape index (κ1) is 34.1. The van der Waals surface area contributed by atoms with E-state index in [4.69, 9.17) is 0 Å². The van der Waals surface area contributed by atoms with Gasteiger partial charge in [-0.05, 0) is 153 Å². The molecule has 0 unspecified atom stereocenters. The van der Waals surface area contributed by atoms with E-state index in [1.807, 2.05) is 6.08 Å². The van der Waals surface area contributed by atoms with Gasteiger partial charge in [0.25, 0.3) is 0 Å². The lowest BCUT2D eigenvalue weighted by Crippen LogP contribution is -2.55. The maximum Gasteiger partial charge on any atom is 0.0540 e. The molecule has 58 heavy (non-hydrogen) atoms. The van der Waals surface area contributed by atoms with E-state index in [2.05, 4.69) is 183 Å². The highest BCUT2D eigenvalue weighted by molar-refractivity contribution is 5.99. The van der Waals surface area contributed by atoms with E-state index in [-0.39, 0.29) is 10.8 Å². The third-order valence-corrected chi connectivity index (χ3v) is 15.4. The molecule has 6 aliphatic carbocycles. The largest absolute Gasteiger partial charge is 0.310 e. The molecule has 0 aromatic heterocycles. The van der Waals surface area contributed by atoms with Crippen molar-refractivity contribution >= 4 is 23.1 Å². The minimum Gasteiger partial charge on any atom is -0.310 e. The predicted molar refractivity (Wildman–Crippen MR) is 243 cm³/mol. The molecule has 0 radical (unpaired) electrons. The summed E-state index contributed by atoms with van der Waals surface area (Å²) in [5.74, 6) is 3.31. The van der Waals surface area contributed by atoms with Crippen molar-refractivity contribution in [2.24, 2.45) is 23.7 Å². The number of hydrogen-bond donors (Lipinski definition) is 0. The normalized spacial score (nSPS) is 23.6. The summed E-state index contributed by atoms with van der Waals surface area (Å²) in [5.41, 5.74) is 21.4. The van der Waals surface area contributed by atoms with Crippen molar-refractivity contribution < 1.29 is 0 Å². The zero-order valence-electron chi connectivity index (χ0n) is 33.6. The smallest absolute Gasteiger partial charge is 0.0540 e. The van der Waals surface area contributed by atoms with Gasteiger partial charge in [-0.1, -0.05) is 154 Å². The van der Waals surface area contributed by atoms with Crippen LogP contribution in [0.15, 0.2) is 164 Å². The third kappa shape index (κ3) is 4.71. The molecule has 7 aromatic rings. The molecule has 1 spiro atoms. The van der Waals surface area contributed by atoms with Gasteiger partial charge in [0.05, 0.1) is 5.69 Å². The van der Waals surface area contributed by atoms with E-state index in [9.17, 15) is 0 Å². The van der Waals surface area contributed by atoms with Crippen molar-refractivity contribution in [1.82, 2.24) is 0 Å². The minimum absolute atomic E-state index is 0.106. The Labute approximate surface area is 343 Å². The van der Waals surface area contributed by atoms with Crippen LogP contribution in [0.2, 0.25) is 0 Å². The Bertz CT molecular complexity index is 2750. The van der Waals surface area contributed by atoms with Gasteiger partial charge in [0, 0.05) is 27.8 Å². The third-order valence-electron chi connectivity index (χ3n) is 15.4. The maximum atomic E-state index is 3.96. The fourth-order valence-electron chi connectivity index (χ4n) is 13.2. The summed E-state index contributed by atoms with van der Waals surface area (Å²) in [7, 11) is 0. The lowest BCUT2D eigenvalue weighted by Gasteiger charge is -2.61. The number of rotatable bonds is 6. The highest BCUT2D eigenvalue weighted by atomic mass is 15.1. The number of anilines is 3. The Morgan fingerprint density at radius 3 is 1.74 bits per heavy atom. The van der Waals surface area contributed by atoms with E-state index in [0.29, 0.717) is 0 Å². The molecule has 13 rings (SSSR count). The van der Waals surface area contributed by atoms with Crippen LogP contribution in [0, 0.1) is 23.7 Å². The second kappa shape index (κ2) is 12.5. The summed E-state index contributed by atoms with van der Waals surface area (Å²) in [6.45, 7) is 8.73. The van der Waals surface area contributed by atoms with Gasteiger partial charge in [0.2, 0.25) is 0 Å². The summed E-state index contributed by atoms with van der Waals surface area (Å²) in [4.78, 5) is 2.53. The Morgan fingerprint density at radius 2 is 1.03 bits per heavy atom. The van der Waals surface area contributed by atoms with Gasteiger partial charge in [-0.2, -0.15) is 0 Å². The van der Waals surface area contributed by atoms with E-state index < -0.39 is 0 Å². The van der Waals surface area contributed by atoms with Gasteiger partial charge in [0.15, 0.2) is 0 Å². The molecule has 0 aliphatic heterocycles. The van der Waals surface area contributed by atoms with E-state index in [0.717, 1.165) is 34.9 Å². The first-order valence-corrected chi connectivity index (χ1v) is 21.6. The molecular weight excluding hydrogens is 699 g/mol. The van der Waals surface area contributed by atoms with Gasteiger partial charge in [-0.3, -0.25) is 0 Å². The van der Waals surface area contributed by atoms with Crippen molar-refractivity contribution in [2.75, 3.05) is 4.90 Å². The van der Waals surface area contributed by atoms with E-state index in [1.165, 1.54) is 99.1 Å². The molecule has 0 amide bonds. The Hall–Kier alpha value is -5.92. The molecule has 1 heteroatoms. The fourth-order valence-corrected chi connectivity index (χ4v) is 13.2. The van der Waals surface area contributed by atoms with Crippen LogP contribution in [0.4, 0.5) is 17.1 Å². The number of benzene rings is 7. The van der Waals surface area contributed by atoms with E-state index in [1.54, 1.807) is 11.1 Å². The molecule has 6 aliphatic rings. The van der Waals surface area contributed by atoms with Crippen molar-refractivity contribution in [3.05, 3.63) is 192 Å². The summed E-state index contributed by atoms with van der Waals surface area (Å²) in [6, 6.07) is 60.1. The summed E-state index contributed by atoms with van der Waals surface area (Å²) >= 11 is 0. The first-order valence-electron chi connectivity index (χ1n) is 21.6. The zero-order valence-corrected chi connectivity index (χ0v) is 33.6. The number of nitrogens with zero attached hydrogens (tertiary/aromatic N) is 1. The molecule has 4 bridgehead atoms. The minimum atomic E-state index is -0.106. The Morgan fingerprint density at radius 1 is 0.483 bits per heavy atom. The van der Waals surface area contributed by atoms with Crippen LogP contribution in [0.1, 0.15) is 73.8 Å². The van der Waals surface area contributed by atoms with Crippen LogP contribution >= 0.6 is 0 Å². The lowest BCUT2D eigenvalue weighted by atomic mass is 9.43. The van der Waals surface area contributed by atoms with Crippen LogP contribution < -0.4 is 4.90 Å². The SMILES string of the molecule is C=Cc1ccc(-c2ccc(N(c3ccc4c(c3)C(C)(C)c3ccccc3-4)c3ccccc3-c3cccc4c3-c3ccccc3C43C4CC5CC(C4)CC3C5)cc2)cc1. The summed E-state index contributed by atoms with van der Waals surface area (Å²) < 4.78 is 0. The highest BCUT2D eigenvalue weighted by Crippen LogP contribution is 2.70. The molecule has 4 saturated carbocycles.